The maximum absolute atomic E-state index is 5.87. The molecule has 0 amide bonds. The number of rotatable bonds is 1. The lowest BCUT2D eigenvalue weighted by Gasteiger charge is -2.03. The smallest absolute Gasteiger partial charge is 0.0320 e. The molecule has 2 aromatic rings. The molecule has 0 bridgehead atoms. The van der Waals surface area contributed by atoms with Crippen molar-refractivity contribution < 1.29 is 0 Å². The van der Waals surface area contributed by atoms with Gasteiger partial charge in [-0.3, -0.25) is 0 Å². The van der Waals surface area contributed by atoms with E-state index in [9.17, 15) is 0 Å². The number of anilines is 2. The topological polar surface area (TPSA) is 78.1 Å². The molecule has 18 heavy (non-hydrogen) atoms. The van der Waals surface area contributed by atoms with Gasteiger partial charge in [-0.05, 0) is 52.1 Å². The molecule has 0 aromatic heterocycles. The molecular weight excluding hydrogens is 222 g/mol. The lowest BCUT2D eigenvalue weighted by molar-refractivity contribution is 1.26. The first kappa shape index (κ1) is 10.9. The molecule has 0 atom stereocenters. The van der Waals surface area contributed by atoms with Crippen LogP contribution in [0, 0.1) is 0 Å². The Kier molecular flexibility index (Phi) is 2.35. The minimum atomic E-state index is 0.498. The van der Waals surface area contributed by atoms with Gasteiger partial charge in [-0.25, -0.2) is 0 Å². The second kappa shape index (κ2) is 3.89. The third-order valence-electron chi connectivity index (χ3n) is 3.28. The summed E-state index contributed by atoms with van der Waals surface area (Å²) < 4.78 is 0. The average Bonchev–Trinajstić information content (AvgIpc) is 2.63. The molecule has 0 spiro atoms. The van der Waals surface area contributed by atoms with Crippen molar-refractivity contribution in [3.63, 3.8) is 0 Å². The van der Waals surface area contributed by atoms with Crippen LogP contribution in [0.5, 0.6) is 0 Å². The number of benzene rings is 2. The number of nitrogens with two attached hydrogens (primary N) is 3. The molecule has 3 rings (SSSR count). The average molecular weight is 237 g/mol. The van der Waals surface area contributed by atoms with Crippen LogP contribution in [0.1, 0.15) is 11.1 Å². The SMILES string of the molecule is NCC=C1c2cc(N)ccc2-c2ccc(N)cc21. The largest absolute Gasteiger partial charge is 0.399 e. The molecule has 0 unspecified atom stereocenters. The van der Waals surface area contributed by atoms with Crippen LogP contribution in [0.2, 0.25) is 0 Å². The number of hydrogen-bond donors (Lipinski definition) is 3. The Labute approximate surface area is 106 Å². The molecule has 0 saturated heterocycles. The third-order valence-corrected chi connectivity index (χ3v) is 3.28. The summed E-state index contributed by atoms with van der Waals surface area (Å²) in [4.78, 5) is 0. The summed E-state index contributed by atoms with van der Waals surface area (Å²) in [6, 6.07) is 11.9. The summed E-state index contributed by atoms with van der Waals surface area (Å²) in [5.41, 5.74) is 24.7. The third kappa shape index (κ3) is 1.49. The van der Waals surface area contributed by atoms with Gasteiger partial charge in [0.25, 0.3) is 0 Å². The van der Waals surface area contributed by atoms with Crippen molar-refractivity contribution in [1.29, 1.82) is 0 Å². The maximum atomic E-state index is 5.87. The molecule has 0 aliphatic heterocycles. The van der Waals surface area contributed by atoms with E-state index in [1.54, 1.807) is 0 Å². The highest BCUT2D eigenvalue weighted by molar-refractivity contribution is 6.02. The molecular formula is C15H15N3. The summed E-state index contributed by atoms with van der Waals surface area (Å²) in [7, 11) is 0. The van der Waals surface area contributed by atoms with Crippen LogP contribution < -0.4 is 17.2 Å². The molecule has 3 nitrogen and oxygen atoms in total. The van der Waals surface area contributed by atoms with E-state index >= 15 is 0 Å². The fourth-order valence-corrected chi connectivity index (χ4v) is 2.52. The first-order valence-electron chi connectivity index (χ1n) is 5.91. The van der Waals surface area contributed by atoms with Crippen LogP contribution in [-0.2, 0) is 0 Å². The lowest BCUT2D eigenvalue weighted by Crippen LogP contribution is -1.96. The summed E-state index contributed by atoms with van der Waals surface area (Å²) in [6.07, 6.45) is 2.02. The van der Waals surface area contributed by atoms with Gasteiger partial charge in [-0.1, -0.05) is 18.2 Å². The van der Waals surface area contributed by atoms with Gasteiger partial charge in [-0.2, -0.15) is 0 Å². The predicted molar refractivity (Wildman–Crippen MR) is 76.8 cm³/mol. The summed E-state index contributed by atoms with van der Waals surface area (Å²) in [5, 5.41) is 0. The van der Waals surface area contributed by atoms with Crippen LogP contribution in [0.15, 0.2) is 42.5 Å². The van der Waals surface area contributed by atoms with Gasteiger partial charge >= 0.3 is 0 Å². The molecule has 6 N–H and O–H groups in total. The van der Waals surface area contributed by atoms with Gasteiger partial charge in [0, 0.05) is 17.9 Å². The van der Waals surface area contributed by atoms with E-state index in [-0.39, 0.29) is 0 Å². The zero-order valence-electron chi connectivity index (χ0n) is 9.98. The van der Waals surface area contributed by atoms with Crippen molar-refractivity contribution in [2.24, 2.45) is 5.73 Å². The van der Waals surface area contributed by atoms with Gasteiger partial charge in [0.05, 0.1) is 0 Å². The van der Waals surface area contributed by atoms with Gasteiger partial charge in [0.15, 0.2) is 0 Å². The summed E-state index contributed by atoms with van der Waals surface area (Å²) in [5.74, 6) is 0. The monoisotopic (exact) mass is 237 g/mol. The van der Waals surface area contributed by atoms with Crippen LogP contribution in [-0.4, -0.2) is 6.54 Å². The van der Waals surface area contributed by atoms with Gasteiger partial charge in [-0.15, -0.1) is 0 Å². The Bertz CT molecular complexity index is 603. The fourth-order valence-electron chi connectivity index (χ4n) is 2.52. The maximum Gasteiger partial charge on any atom is 0.0320 e. The standard InChI is InChI=1S/C15H15N3/c16-6-5-13-14-7-9(17)1-3-11(14)12-4-2-10(18)8-15(12)13/h1-5,7-8H,6,16-18H2. The van der Waals surface area contributed by atoms with E-state index in [2.05, 4.69) is 12.1 Å². The van der Waals surface area contributed by atoms with E-state index in [0.29, 0.717) is 6.54 Å². The fraction of sp³-hybridized carbons (Fsp3) is 0.0667. The minimum Gasteiger partial charge on any atom is -0.399 e. The molecule has 0 heterocycles. The molecule has 90 valence electrons. The Morgan fingerprint density at radius 3 is 1.72 bits per heavy atom. The van der Waals surface area contributed by atoms with Crippen LogP contribution in [0.25, 0.3) is 16.7 Å². The van der Waals surface area contributed by atoms with E-state index in [1.165, 1.54) is 11.1 Å². The van der Waals surface area contributed by atoms with Crippen molar-refractivity contribution in [2.75, 3.05) is 18.0 Å². The Morgan fingerprint density at radius 2 is 1.28 bits per heavy atom. The molecule has 3 heteroatoms. The van der Waals surface area contributed by atoms with Gasteiger partial charge in [0.1, 0.15) is 0 Å². The van der Waals surface area contributed by atoms with Crippen molar-refractivity contribution in [3.8, 4) is 11.1 Å². The zero-order valence-corrected chi connectivity index (χ0v) is 9.98. The Hall–Kier alpha value is -2.26. The van der Waals surface area contributed by atoms with Crippen LogP contribution >= 0.6 is 0 Å². The summed E-state index contributed by atoms with van der Waals surface area (Å²) >= 11 is 0. The number of nitrogen functional groups attached to an aromatic ring is 2. The molecule has 2 aromatic carbocycles. The first-order chi connectivity index (χ1) is 8.70. The van der Waals surface area contributed by atoms with Gasteiger partial charge in [0.2, 0.25) is 0 Å². The normalized spacial score (nSPS) is 12.2. The summed E-state index contributed by atoms with van der Waals surface area (Å²) in [6.45, 7) is 0.498. The lowest BCUT2D eigenvalue weighted by atomic mass is 10.0. The second-order valence-electron chi connectivity index (χ2n) is 4.46. The molecule has 0 saturated carbocycles. The molecule has 0 fully saturated rings. The highest BCUT2D eigenvalue weighted by Gasteiger charge is 2.23. The zero-order chi connectivity index (χ0) is 12.7. The highest BCUT2D eigenvalue weighted by Crippen LogP contribution is 2.45. The predicted octanol–water partition coefficient (Wildman–Crippen LogP) is 2.22. The molecule has 0 radical (unpaired) electrons. The van der Waals surface area contributed by atoms with E-state index in [0.717, 1.165) is 28.1 Å². The van der Waals surface area contributed by atoms with Crippen molar-refractivity contribution in [1.82, 2.24) is 0 Å². The van der Waals surface area contributed by atoms with E-state index in [1.807, 2.05) is 30.3 Å². The number of hydrogen-bond acceptors (Lipinski definition) is 3. The quantitative estimate of drug-likeness (QED) is 0.568. The first-order valence-corrected chi connectivity index (χ1v) is 5.91. The number of fused-ring (bicyclic) bond motifs is 3. The second-order valence-corrected chi connectivity index (χ2v) is 4.46. The van der Waals surface area contributed by atoms with Gasteiger partial charge < -0.3 is 17.2 Å². The highest BCUT2D eigenvalue weighted by atomic mass is 14.6. The minimum absolute atomic E-state index is 0.498. The van der Waals surface area contributed by atoms with Crippen molar-refractivity contribution in [2.45, 2.75) is 0 Å². The van der Waals surface area contributed by atoms with E-state index in [4.69, 9.17) is 17.2 Å². The van der Waals surface area contributed by atoms with Crippen LogP contribution in [0.3, 0.4) is 0 Å². The molecule has 1 aliphatic carbocycles. The van der Waals surface area contributed by atoms with Crippen molar-refractivity contribution in [3.05, 3.63) is 53.6 Å². The van der Waals surface area contributed by atoms with Crippen molar-refractivity contribution >= 4 is 16.9 Å². The molecule has 1 aliphatic rings. The Balaban J connectivity index is 2.33. The Morgan fingerprint density at radius 1 is 0.778 bits per heavy atom. The van der Waals surface area contributed by atoms with Crippen LogP contribution in [0.4, 0.5) is 11.4 Å². The van der Waals surface area contributed by atoms with E-state index < -0.39 is 0 Å².